The van der Waals surface area contributed by atoms with Crippen molar-refractivity contribution in [2.24, 2.45) is 0 Å². The van der Waals surface area contributed by atoms with Crippen molar-refractivity contribution >= 4 is 26.6 Å². The van der Waals surface area contributed by atoms with Crippen molar-refractivity contribution in [3.8, 4) is 11.5 Å². The van der Waals surface area contributed by atoms with Crippen LogP contribution in [0.3, 0.4) is 0 Å². The number of fused-ring (bicyclic) bond motifs is 1. The van der Waals surface area contributed by atoms with Gasteiger partial charge in [0.1, 0.15) is 21.9 Å². The van der Waals surface area contributed by atoms with Crippen LogP contribution in [0, 0.1) is 10.1 Å². The van der Waals surface area contributed by atoms with Gasteiger partial charge in [0.2, 0.25) is 10.0 Å². The fourth-order valence-corrected chi connectivity index (χ4v) is 5.14. The quantitative estimate of drug-likeness (QED) is 0.283. The zero-order valence-electron chi connectivity index (χ0n) is 18.5. The number of nitro benzene ring substituents is 1. The molecule has 0 aliphatic carbocycles. The Morgan fingerprint density at radius 3 is 1.94 bits per heavy atom. The topological polar surface area (TPSA) is 128 Å². The van der Waals surface area contributed by atoms with Gasteiger partial charge >= 0.3 is 0 Å². The number of hydrogen-bond donors (Lipinski definition) is 1. The lowest BCUT2D eigenvalue weighted by molar-refractivity contribution is -0.384. The predicted molar refractivity (Wildman–Crippen MR) is 125 cm³/mol. The van der Waals surface area contributed by atoms with Gasteiger partial charge in [-0.3, -0.25) is 15.2 Å². The second-order valence-electron chi connectivity index (χ2n) is 7.49. The molecule has 0 saturated carbocycles. The average molecular weight is 483 g/mol. The highest BCUT2D eigenvalue weighted by Crippen LogP contribution is 2.31. The van der Waals surface area contributed by atoms with Gasteiger partial charge in [-0.2, -0.15) is 9.40 Å². The van der Waals surface area contributed by atoms with E-state index in [1.807, 2.05) is 0 Å². The number of aromatic nitrogens is 2. The SMILES string of the molecule is COc1ccc(CN(Cc2ccc(OC)cc2)S(=O)(=O)c2cc([N+](=O)[O-])cc3c[nH]nc23)cc1. The van der Waals surface area contributed by atoms with Gasteiger partial charge in [-0.25, -0.2) is 8.42 Å². The molecule has 1 N–H and O–H groups in total. The van der Waals surface area contributed by atoms with Crippen molar-refractivity contribution in [2.75, 3.05) is 14.2 Å². The van der Waals surface area contributed by atoms with Gasteiger partial charge in [-0.15, -0.1) is 0 Å². The lowest BCUT2D eigenvalue weighted by Gasteiger charge is -2.23. The Balaban J connectivity index is 1.79. The van der Waals surface area contributed by atoms with E-state index in [0.29, 0.717) is 16.9 Å². The minimum absolute atomic E-state index is 0.0347. The third kappa shape index (κ3) is 4.70. The van der Waals surface area contributed by atoms with E-state index in [1.165, 1.54) is 16.6 Å². The molecule has 0 aliphatic heterocycles. The van der Waals surface area contributed by atoms with Crippen molar-refractivity contribution in [3.05, 3.63) is 88.1 Å². The molecule has 4 rings (SSSR count). The Bertz CT molecular complexity index is 1370. The number of ether oxygens (including phenoxy) is 2. The molecule has 0 saturated heterocycles. The Morgan fingerprint density at radius 2 is 1.47 bits per heavy atom. The van der Waals surface area contributed by atoms with Crippen LogP contribution in [-0.2, 0) is 23.1 Å². The summed E-state index contributed by atoms with van der Waals surface area (Å²) in [5.41, 5.74) is 1.25. The molecule has 0 fully saturated rings. The highest BCUT2D eigenvalue weighted by atomic mass is 32.2. The number of nitro groups is 1. The van der Waals surface area contributed by atoms with E-state index in [-0.39, 0.29) is 29.2 Å². The second kappa shape index (κ2) is 9.49. The number of benzene rings is 3. The number of methoxy groups -OCH3 is 2. The van der Waals surface area contributed by atoms with Crippen LogP contribution < -0.4 is 9.47 Å². The minimum Gasteiger partial charge on any atom is -0.497 e. The molecule has 3 aromatic carbocycles. The molecule has 0 bridgehead atoms. The van der Waals surface area contributed by atoms with Crippen molar-refractivity contribution in [2.45, 2.75) is 18.0 Å². The molecule has 0 radical (unpaired) electrons. The van der Waals surface area contributed by atoms with E-state index in [0.717, 1.165) is 17.2 Å². The van der Waals surface area contributed by atoms with E-state index in [4.69, 9.17) is 9.47 Å². The van der Waals surface area contributed by atoms with Gasteiger partial charge in [-0.1, -0.05) is 24.3 Å². The zero-order chi connectivity index (χ0) is 24.3. The summed E-state index contributed by atoms with van der Waals surface area (Å²) in [5, 5.41) is 18.4. The van der Waals surface area contributed by atoms with Crippen LogP contribution in [0.5, 0.6) is 11.5 Å². The van der Waals surface area contributed by atoms with Gasteiger partial charge in [0, 0.05) is 36.8 Å². The molecule has 1 aromatic heterocycles. The molecule has 1 heterocycles. The smallest absolute Gasteiger partial charge is 0.271 e. The van der Waals surface area contributed by atoms with Gasteiger partial charge in [-0.05, 0) is 35.4 Å². The lowest BCUT2D eigenvalue weighted by atomic mass is 10.2. The van der Waals surface area contributed by atoms with E-state index < -0.39 is 14.9 Å². The summed E-state index contributed by atoms with van der Waals surface area (Å²) >= 11 is 0. The molecule has 34 heavy (non-hydrogen) atoms. The van der Waals surface area contributed by atoms with E-state index in [2.05, 4.69) is 10.2 Å². The summed E-state index contributed by atoms with van der Waals surface area (Å²) in [5.74, 6) is 1.29. The standard InChI is InChI=1S/C23H22N4O6S/c1-32-20-7-3-16(4-8-20)14-26(15-17-5-9-21(33-2)10-6-17)34(30,31)22-12-19(27(28)29)11-18-13-24-25-23(18)22/h3-13H,14-15H2,1-2H3,(H,24,25). The van der Waals surface area contributed by atoms with E-state index in [9.17, 15) is 18.5 Å². The first-order valence-corrected chi connectivity index (χ1v) is 11.6. The Labute approximate surface area is 195 Å². The Hall–Kier alpha value is -3.96. The van der Waals surface area contributed by atoms with Crippen molar-refractivity contribution in [1.82, 2.24) is 14.5 Å². The normalized spacial score (nSPS) is 11.6. The van der Waals surface area contributed by atoms with Gasteiger partial charge in [0.15, 0.2) is 0 Å². The number of nitrogens with zero attached hydrogens (tertiary/aromatic N) is 3. The number of nitrogens with one attached hydrogen (secondary N) is 1. The first kappa shape index (κ1) is 23.2. The first-order chi connectivity index (χ1) is 16.3. The maximum Gasteiger partial charge on any atom is 0.271 e. The molecule has 4 aromatic rings. The van der Waals surface area contributed by atoms with E-state index >= 15 is 0 Å². The van der Waals surface area contributed by atoms with Crippen LogP contribution in [-0.4, -0.2) is 42.1 Å². The van der Waals surface area contributed by atoms with Crippen LogP contribution >= 0.6 is 0 Å². The number of H-pyrrole nitrogens is 1. The number of rotatable bonds is 9. The van der Waals surface area contributed by atoms with Gasteiger partial charge in [0.25, 0.3) is 5.69 Å². The molecule has 0 unspecified atom stereocenters. The third-order valence-electron chi connectivity index (χ3n) is 5.35. The fourth-order valence-electron chi connectivity index (χ4n) is 3.55. The molecule has 0 spiro atoms. The Kier molecular flexibility index (Phi) is 6.48. The summed E-state index contributed by atoms with van der Waals surface area (Å²) in [6.45, 7) is 0.0694. The molecule has 10 nitrogen and oxygen atoms in total. The molecule has 0 atom stereocenters. The highest BCUT2D eigenvalue weighted by molar-refractivity contribution is 7.89. The van der Waals surface area contributed by atoms with Gasteiger partial charge in [0.05, 0.1) is 19.1 Å². The molecule has 0 amide bonds. The minimum atomic E-state index is -4.20. The lowest BCUT2D eigenvalue weighted by Crippen LogP contribution is -2.30. The maximum atomic E-state index is 13.9. The molecular weight excluding hydrogens is 460 g/mol. The zero-order valence-corrected chi connectivity index (χ0v) is 19.3. The van der Waals surface area contributed by atoms with Crippen LogP contribution in [0.4, 0.5) is 5.69 Å². The summed E-state index contributed by atoms with van der Waals surface area (Å²) in [6, 6.07) is 16.4. The summed E-state index contributed by atoms with van der Waals surface area (Å²) < 4.78 is 39.4. The van der Waals surface area contributed by atoms with Crippen molar-refractivity contribution in [1.29, 1.82) is 0 Å². The third-order valence-corrected chi connectivity index (χ3v) is 7.16. The maximum absolute atomic E-state index is 13.9. The first-order valence-electron chi connectivity index (χ1n) is 10.2. The molecule has 0 aliphatic rings. The molecular formula is C23H22N4O6S. The van der Waals surface area contributed by atoms with E-state index in [1.54, 1.807) is 62.8 Å². The van der Waals surface area contributed by atoms with Crippen LogP contribution in [0.25, 0.3) is 10.9 Å². The van der Waals surface area contributed by atoms with Crippen LogP contribution in [0.2, 0.25) is 0 Å². The van der Waals surface area contributed by atoms with Crippen LogP contribution in [0.1, 0.15) is 11.1 Å². The number of hydrogen-bond acceptors (Lipinski definition) is 7. The van der Waals surface area contributed by atoms with Gasteiger partial charge < -0.3 is 9.47 Å². The summed E-state index contributed by atoms with van der Waals surface area (Å²) in [7, 11) is -1.10. The number of aromatic amines is 1. The fraction of sp³-hybridized carbons (Fsp3) is 0.174. The predicted octanol–water partition coefficient (Wildman–Crippen LogP) is 3.88. The average Bonchev–Trinajstić information content (AvgIpc) is 3.32. The number of non-ortho nitro benzene ring substituents is 1. The van der Waals surface area contributed by atoms with Crippen molar-refractivity contribution < 1.29 is 22.8 Å². The largest absolute Gasteiger partial charge is 0.497 e. The highest BCUT2D eigenvalue weighted by Gasteiger charge is 2.30. The van der Waals surface area contributed by atoms with Crippen LogP contribution in [0.15, 0.2) is 71.8 Å². The molecule has 176 valence electrons. The summed E-state index contributed by atoms with van der Waals surface area (Å²) in [4.78, 5) is 10.6. The monoisotopic (exact) mass is 482 g/mol. The summed E-state index contributed by atoms with van der Waals surface area (Å²) in [6.07, 6.45) is 1.43. The number of sulfonamides is 1. The Morgan fingerprint density at radius 1 is 0.941 bits per heavy atom. The molecule has 11 heteroatoms. The van der Waals surface area contributed by atoms with Crippen molar-refractivity contribution in [3.63, 3.8) is 0 Å². The second-order valence-corrected chi connectivity index (χ2v) is 9.40.